The number of ether oxygens (including phenoxy) is 1. The van der Waals surface area contributed by atoms with E-state index in [1.54, 1.807) is 0 Å². The molecule has 0 aliphatic carbocycles. The molecule has 0 fully saturated rings. The molecule has 0 heterocycles. The molecule has 7 heavy (non-hydrogen) atoms. The molecule has 42 valence electrons. The van der Waals surface area contributed by atoms with Crippen molar-refractivity contribution in [1.29, 1.82) is 0 Å². The molecule has 0 saturated heterocycles. The summed E-state index contributed by atoms with van der Waals surface area (Å²) in [4.78, 5) is 0. The van der Waals surface area contributed by atoms with E-state index in [0.29, 0.717) is 6.61 Å². The van der Waals surface area contributed by atoms with Gasteiger partial charge < -0.3 is 10.5 Å². The van der Waals surface area contributed by atoms with Crippen molar-refractivity contribution in [3.63, 3.8) is 0 Å². The van der Waals surface area contributed by atoms with Crippen LogP contribution in [0.15, 0.2) is 12.8 Å². The average molecular weight is 101 g/mol. The Labute approximate surface area is 44.0 Å². The Kier molecular flexibility index (Phi) is 3.42. The van der Waals surface area contributed by atoms with Gasteiger partial charge in [-0.2, -0.15) is 0 Å². The van der Waals surface area contributed by atoms with E-state index in [9.17, 15) is 0 Å². The van der Waals surface area contributed by atoms with E-state index in [1.165, 1.54) is 6.26 Å². The first-order valence-corrected chi connectivity index (χ1v) is 2.25. The summed E-state index contributed by atoms with van der Waals surface area (Å²) >= 11 is 0. The van der Waals surface area contributed by atoms with Crippen LogP contribution in [0.2, 0.25) is 0 Å². The topological polar surface area (TPSA) is 35.2 Å². The molecular weight excluding hydrogens is 90.1 g/mol. The van der Waals surface area contributed by atoms with Gasteiger partial charge in [-0.05, 0) is 6.92 Å². The largest absolute Gasteiger partial charge is 0.500 e. The van der Waals surface area contributed by atoms with Crippen molar-refractivity contribution >= 4 is 0 Å². The SMILES string of the molecule is C=COCC(C)N. The summed E-state index contributed by atoms with van der Waals surface area (Å²) in [6.45, 7) is 5.79. The van der Waals surface area contributed by atoms with Gasteiger partial charge in [0.25, 0.3) is 0 Å². The standard InChI is InChI=1S/C5H11NO/c1-3-7-4-5(2)6/h3,5H,1,4,6H2,2H3. The van der Waals surface area contributed by atoms with E-state index in [1.807, 2.05) is 6.92 Å². The summed E-state index contributed by atoms with van der Waals surface area (Å²) in [5, 5.41) is 0. The lowest BCUT2D eigenvalue weighted by Crippen LogP contribution is -2.20. The Morgan fingerprint density at radius 2 is 2.57 bits per heavy atom. The third kappa shape index (κ3) is 5.50. The van der Waals surface area contributed by atoms with Crippen LogP contribution in [0, 0.1) is 0 Å². The van der Waals surface area contributed by atoms with Crippen molar-refractivity contribution in [3.05, 3.63) is 12.8 Å². The Morgan fingerprint density at radius 1 is 2.00 bits per heavy atom. The fraction of sp³-hybridized carbons (Fsp3) is 0.600. The van der Waals surface area contributed by atoms with E-state index in [0.717, 1.165) is 0 Å². The summed E-state index contributed by atoms with van der Waals surface area (Å²) in [6.07, 6.45) is 1.39. The van der Waals surface area contributed by atoms with Crippen LogP contribution < -0.4 is 5.73 Å². The maximum Gasteiger partial charge on any atom is 0.102 e. The second-order valence-corrected chi connectivity index (χ2v) is 1.48. The molecule has 1 atom stereocenters. The molecule has 0 aromatic heterocycles. The zero-order chi connectivity index (χ0) is 5.70. The smallest absolute Gasteiger partial charge is 0.102 e. The van der Waals surface area contributed by atoms with Crippen molar-refractivity contribution < 1.29 is 4.74 Å². The molecule has 0 aliphatic heterocycles. The second-order valence-electron chi connectivity index (χ2n) is 1.48. The molecule has 0 rings (SSSR count). The molecule has 2 nitrogen and oxygen atoms in total. The third-order valence-corrected chi connectivity index (χ3v) is 0.477. The molecule has 0 spiro atoms. The predicted molar refractivity (Wildman–Crippen MR) is 29.8 cm³/mol. The molecule has 0 aromatic carbocycles. The highest BCUT2D eigenvalue weighted by Crippen LogP contribution is 1.76. The van der Waals surface area contributed by atoms with Crippen molar-refractivity contribution in [2.75, 3.05) is 6.61 Å². The van der Waals surface area contributed by atoms with Crippen LogP contribution in [0.4, 0.5) is 0 Å². The molecule has 0 saturated carbocycles. The van der Waals surface area contributed by atoms with E-state index in [-0.39, 0.29) is 6.04 Å². The van der Waals surface area contributed by atoms with E-state index in [2.05, 4.69) is 6.58 Å². The second kappa shape index (κ2) is 3.68. The number of hydrogen-bond acceptors (Lipinski definition) is 2. The van der Waals surface area contributed by atoms with Gasteiger partial charge in [0.2, 0.25) is 0 Å². The minimum absolute atomic E-state index is 0.109. The van der Waals surface area contributed by atoms with Gasteiger partial charge >= 0.3 is 0 Å². The first-order valence-electron chi connectivity index (χ1n) is 2.25. The van der Waals surface area contributed by atoms with Crippen LogP contribution in [0.3, 0.4) is 0 Å². The van der Waals surface area contributed by atoms with E-state index >= 15 is 0 Å². The summed E-state index contributed by atoms with van der Waals surface area (Å²) in [5.74, 6) is 0. The first kappa shape index (κ1) is 6.50. The molecule has 0 aliphatic rings. The molecule has 1 unspecified atom stereocenters. The summed E-state index contributed by atoms with van der Waals surface area (Å²) < 4.78 is 4.73. The van der Waals surface area contributed by atoms with Crippen molar-refractivity contribution in [2.24, 2.45) is 5.73 Å². The van der Waals surface area contributed by atoms with Crippen molar-refractivity contribution in [1.82, 2.24) is 0 Å². The lowest BCUT2D eigenvalue weighted by Gasteiger charge is -2.01. The minimum Gasteiger partial charge on any atom is -0.500 e. The highest BCUT2D eigenvalue weighted by Gasteiger charge is 1.87. The van der Waals surface area contributed by atoms with Gasteiger partial charge in [0.05, 0.1) is 6.26 Å². The summed E-state index contributed by atoms with van der Waals surface area (Å²) in [5.41, 5.74) is 5.31. The Morgan fingerprint density at radius 3 is 2.71 bits per heavy atom. The minimum atomic E-state index is 0.109. The maximum absolute atomic E-state index is 5.31. The highest BCUT2D eigenvalue weighted by atomic mass is 16.5. The fourth-order valence-electron chi connectivity index (χ4n) is 0.220. The van der Waals surface area contributed by atoms with Crippen molar-refractivity contribution in [2.45, 2.75) is 13.0 Å². The van der Waals surface area contributed by atoms with Crippen molar-refractivity contribution in [3.8, 4) is 0 Å². The lowest BCUT2D eigenvalue weighted by atomic mass is 10.4. The normalized spacial score (nSPS) is 12.9. The van der Waals surface area contributed by atoms with Crippen LogP contribution >= 0.6 is 0 Å². The van der Waals surface area contributed by atoms with E-state index < -0.39 is 0 Å². The van der Waals surface area contributed by atoms with Crippen LogP contribution in [-0.2, 0) is 4.74 Å². The molecule has 0 amide bonds. The van der Waals surface area contributed by atoms with Gasteiger partial charge in [-0.1, -0.05) is 6.58 Å². The Hall–Kier alpha value is -0.500. The molecule has 0 aromatic rings. The summed E-state index contributed by atoms with van der Waals surface area (Å²) in [6, 6.07) is 0.109. The molecule has 0 bridgehead atoms. The maximum atomic E-state index is 5.31. The number of nitrogens with two attached hydrogens (primary N) is 1. The monoisotopic (exact) mass is 101 g/mol. The molecule has 0 radical (unpaired) electrons. The molecule has 2 N–H and O–H groups in total. The van der Waals surface area contributed by atoms with Gasteiger partial charge in [0, 0.05) is 6.04 Å². The fourth-order valence-corrected chi connectivity index (χ4v) is 0.220. The predicted octanol–water partition coefficient (Wildman–Crippen LogP) is 0.494. The lowest BCUT2D eigenvalue weighted by molar-refractivity contribution is 0.234. The van der Waals surface area contributed by atoms with Crippen LogP contribution in [-0.4, -0.2) is 12.6 Å². The zero-order valence-electron chi connectivity index (χ0n) is 4.55. The van der Waals surface area contributed by atoms with Crippen LogP contribution in [0.1, 0.15) is 6.92 Å². The van der Waals surface area contributed by atoms with Gasteiger partial charge in [-0.25, -0.2) is 0 Å². The molecular formula is C5H11NO. The third-order valence-electron chi connectivity index (χ3n) is 0.477. The van der Waals surface area contributed by atoms with Gasteiger partial charge in [-0.15, -0.1) is 0 Å². The Balaban J connectivity index is 2.81. The average Bonchev–Trinajstić information content (AvgIpc) is 1.61. The highest BCUT2D eigenvalue weighted by molar-refractivity contribution is 4.54. The first-order chi connectivity index (χ1) is 3.27. The zero-order valence-corrected chi connectivity index (χ0v) is 4.55. The molecule has 2 heteroatoms. The van der Waals surface area contributed by atoms with Crippen LogP contribution in [0.25, 0.3) is 0 Å². The van der Waals surface area contributed by atoms with Crippen LogP contribution in [0.5, 0.6) is 0 Å². The Bertz CT molecular complexity index is 52.0. The quantitative estimate of drug-likeness (QED) is 0.525. The van der Waals surface area contributed by atoms with E-state index in [4.69, 9.17) is 10.5 Å². The van der Waals surface area contributed by atoms with Gasteiger partial charge in [0.1, 0.15) is 6.61 Å². The van der Waals surface area contributed by atoms with Gasteiger partial charge in [-0.3, -0.25) is 0 Å². The number of hydrogen-bond donors (Lipinski definition) is 1. The van der Waals surface area contributed by atoms with Gasteiger partial charge in [0.15, 0.2) is 0 Å². The number of rotatable bonds is 3. The summed E-state index contributed by atoms with van der Waals surface area (Å²) in [7, 11) is 0.